The Hall–Kier alpha value is -4.80. The number of nitrogens with one attached hydrogen (secondary N) is 3. The average Bonchev–Trinajstić information content (AvgIpc) is 3.36. The maximum atomic E-state index is 13.3. The molecule has 10 nitrogen and oxygen atoms in total. The first kappa shape index (κ1) is 29.3. The van der Waals surface area contributed by atoms with Crippen molar-refractivity contribution in [3.05, 3.63) is 118 Å². The molecule has 0 aliphatic heterocycles. The SMILES string of the molecule is Cc1ccc(-c2nc([C@H](CC(=O)N[C@H]3C[C@@H]3c3ccccc3)NC(=O)/C=C/c3cc(Cl)ccc3-n3cnnn3)[nH]c2Cl)cc1. The van der Waals surface area contributed by atoms with Crippen LogP contribution in [0.2, 0.25) is 10.2 Å². The molecule has 0 spiro atoms. The number of hydrogen-bond donors (Lipinski definition) is 3. The van der Waals surface area contributed by atoms with Gasteiger partial charge in [-0.1, -0.05) is 83.4 Å². The molecule has 2 aromatic heterocycles. The topological polar surface area (TPSA) is 130 Å². The maximum Gasteiger partial charge on any atom is 0.244 e. The Bertz CT molecular complexity index is 1800. The van der Waals surface area contributed by atoms with Gasteiger partial charge in [0.05, 0.1) is 18.2 Å². The molecular formula is C32H28Cl2N8O2. The van der Waals surface area contributed by atoms with E-state index in [2.05, 4.69) is 43.3 Å². The van der Waals surface area contributed by atoms with E-state index in [1.54, 1.807) is 24.3 Å². The number of imidazole rings is 1. The first-order valence-corrected chi connectivity index (χ1v) is 14.8. The smallest absolute Gasteiger partial charge is 0.244 e. The van der Waals surface area contributed by atoms with Crippen molar-refractivity contribution in [1.82, 2.24) is 40.8 Å². The lowest BCUT2D eigenvalue weighted by atomic mass is 10.1. The third kappa shape index (κ3) is 6.88. The largest absolute Gasteiger partial charge is 0.353 e. The minimum Gasteiger partial charge on any atom is -0.353 e. The number of H-pyrrole nitrogens is 1. The van der Waals surface area contributed by atoms with Crippen LogP contribution in [0, 0.1) is 6.92 Å². The normalized spacial score (nSPS) is 16.5. The van der Waals surface area contributed by atoms with Gasteiger partial charge in [0.25, 0.3) is 0 Å². The minimum absolute atomic E-state index is 0.0389. The third-order valence-corrected chi connectivity index (χ3v) is 7.91. The predicted octanol–water partition coefficient (Wildman–Crippen LogP) is 5.60. The molecule has 0 unspecified atom stereocenters. The van der Waals surface area contributed by atoms with E-state index in [1.165, 1.54) is 22.6 Å². The van der Waals surface area contributed by atoms with E-state index in [-0.39, 0.29) is 24.3 Å². The van der Waals surface area contributed by atoms with Gasteiger partial charge >= 0.3 is 0 Å². The summed E-state index contributed by atoms with van der Waals surface area (Å²) in [6.45, 7) is 2.00. The second-order valence-electron chi connectivity index (χ2n) is 10.6. The number of halogens is 2. The zero-order valence-corrected chi connectivity index (χ0v) is 25.1. The number of carbonyl (C=O) groups excluding carboxylic acids is 2. The van der Waals surface area contributed by atoms with E-state index < -0.39 is 11.9 Å². The first-order chi connectivity index (χ1) is 21.3. The van der Waals surface area contributed by atoms with E-state index in [1.807, 2.05) is 49.4 Å². The van der Waals surface area contributed by atoms with Crippen molar-refractivity contribution in [3.8, 4) is 16.9 Å². The fourth-order valence-electron chi connectivity index (χ4n) is 5.05. The van der Waals surface area contributed by atoms with Gasteiger partial charge in [-0.3, -0.25) is 9.59 Å². The van der Waals surface area contributed by atoms with Gasteiger partial charge in [-0.05, 0) is 53.6 Å². The lowest BCUT2D eigenvalue weighted by Gasteiger charge is -2.16. The van der Waals surface area contributed by atoms with Gasteiger partial charge in [0.1, 0.15) is 23.0 Å². The molecule has 44 heavy (non-hydrogen) atoms. The summed E-state index contributed by atoms with van der Waals surface area (Å²) in [5, 5.41) is 18.1. The second kappa shape index (κ2) is 12.8. The van der Waals surface area contributed by atoms with Gasteiger partial charge in [-0.2, -0.15) is 4.68 Å². The Morgan fingerprint density at radius 3 is 2.64 bits per heavy atom. The Labute approximate surface area is 263 Å². The number of benzene rings is 3. The summed E-state index contributed by atoms with van der Waals surface area (Å²) in [5.74, 6) is -0.00391. The molecule has 3 atom stereocenters. The molecule has 1 saturated carbocycles. The lowest BCUT2D eigenvalue weighted by molar-refractivity contribution is -0.122. The van der Waals surface area contributed by atoms with Crippen molar-refractivity contribution >= 4 is 41.1 Å². The van der Waals surface area contributed by atoms with Gasteiger partial charge in [0.2, 0.25) is 11.8 Å². The van der Waals surface area contributed by atoms with Crippen LogP contribution in [-0.4, -0.2) is 48.0 Å². The molecule has 222 valence electrons. The average molecular weight is 628 g/mol. The van der Waals surface area contributed by atoms with Crippen LogP contribution in [0.25, 0.3) is 23.0 Å². The predicted molar refractivity (Wildman–Crippen MR) is 168 cm³/mol. The summed E-state index contributed by atoms with van der Waals surface area (Å²) < 4.78 is 1.47. The molecule has 2 heterocycles. The lowest BCUT2D eigenvalue weighted by Crippen LogP contribution is -2.34. The quantitative estimate of drug-likeness (QED) is 0.173. The summed E-state index contributed by atoms with van der Waals surface area (Å²) in [6.07, 6.45) is 5.24. The molecule has 2 amide bonds. The molecular weight excluding hydrogens is 599 g/mol. The van der Waals surface area contributed by atoms with Crippen molar-refractivity contribution in [2.24, 2.45) is 0 Å². The molecule has 12 heteroatoms. The molecule has 1 fully saturated rings. The highest BCUT2D eigenvalue weighted by atomic mass is 35.5. The molecule has 6 rings (SSSR count). The highest BCUT2D eigenvalue weighted by Gasteiger charge is 2.39. The van der Waals surface area contributed by atoms with Crippen molar-refractivity contribution in [2.45, 2.75) is 37.8 Å². The molecule has 3 aromatic carbocycles. The summed E-state index contributed by atoms with van der Waals surface area (Å²) in [4.78, 5) is 34.3. The van der Waals surface area contributed by atoms with Crippen LogP contribution in [0.1, 0.15) is 47.3 Å². The van der Waals surface area contributed by atoms with E-state index in [0.29, 0.717) is 32.9 Å². The van der Waals surface area contributed by atoms with Crippen LogP contribution in [0.4, 0.5) is 0 Å². The Kier molecular flexibility index (Phi) is 8.53. The van der Waals surface area contributed by atoms with Crippen molar-refractivity contribution in [3.63, 3.8) is 0 Å². The van der Waals surface area contributed by atoms with Crippen LogP contribution in [0.5, 0.6) is 0 Å². The minimum atomic E-state index is -0.781. The van der Waals surface area contributed by atoms with Gasteiger partial charge in [-0.25, -0.2) is 4.98 Å². The van der Waals surface area contributed by atoms with E-state index in [9.17, 15) is 9.59 Å². The molecule has 0 bridgehead atoms. The van der Waals surface area contributed by atoms with Crippen molar-refractivity contribution < 1.29 is 9.59 Å². The summed E-state index contributed by atoms with van der Waals surface area (Å²) in [6, 6.07) is 22.3. The maximum absolute atomic E-state index is 13.3. The molecule has 0 saturated heterocycles. The van der Waals surface area contributed by atoms with Gasteiger partial charge in [-0.15, -0.1) is 5.10 Å². The molecule has 3 N–H and O–H groups in total. The number of aryl methyl sites for hydroxylation is 1. The number of hydrogen-bond acceptors (Lipinski definition) is 6. The number of aromatic amines is 1. The molecule has 0 radical (unpaired) electrons. The number of tetrazole rings is 1. The fourth-order valence-corrected chi connectivity index (χ4v) is 5.48. The Balaban J connectivity index is 1.22. The van der Waals surface area contributed by atoms with E-state index >= 15 is 0 Å². The second-order valence-corrected chi connectivity index (χ2v) is 11.4. The fraction of sp³-hybridized carbons (Fsp3) is 0.188. The molecule has 1 aliphatic rings. The van der Waals surface area contributed by atoms with Crippen molar-refractivity contribution in [2.75, 3.05) is 0 Å². The molecule has 1 aliphatic carbocycles. The summed E-state index contributed by atoms with van der Waals surface area (Å²) in [5.41, 5.74) is 4.90. The monoisotopic (exact) mass is 626 g/mol. The first-order valence-electron chi connectivity index (χ1n) is 14.0. The highest BCUT2D eigenvalue weighted by Crippen LogP contribution is 2.40. The standard InChI is InChI=1S/C32H28Cl2N8O2/c1-19-7-9-21(10-8-19)30-31(34)39-32(38-30)26(17-29(44)36-25-16-24(25)20-5-3-2-4-6-20)37-28(43)14-11-22-15-23(33)12-13-27(22)42-18-35-40-41-42/h2-15,18,24-26H,16-17H2,1H3,(H,36,44)(H,37,43)(H,38,39)/b14-11+/t24-,25+,26+/m1/s1. The highest BCUT2D eigenvalue weighted by molar-refractivity contribution is 6.32. The molecule has 5 aromatic rings. The van der Waals surface area contributed by atoms with Gasteiger partial charge in [0.15, 0.2) is 0 Å². The number of carbonyl (C=O) groups is 2. The summed E-state index contributed by atoms with van der Waals surface area (Å²) >= 11 is 12.8. The van der Waals surface area contributed by atoms with Crippen LogP contribution < -0.4 is 10.6 Å². The third-order valence-electron chi connectivity index (χ3n) is 7.40. The zero-order chi connectivity index (χ0) is 30.6. The van der Waals surface area contributed by atoms with Gasteiger partial charge < -0.3 is 15.6 Å². The Morgan fingerprint density at radius 2 is 1.89 bits per heavy atom. The van der Waals surface area contributed by atoms with Crippen molar-refractivity contribution in [1.29, 1.82) is 0 Å². The van der Waals surface area contributed by atoms with Crippen LogP contribution in [0.15, 0.2) is 85.2 Å². The van der Waals surface area contributed by atoms with Gasteiger partial charge in [0, 0.05) is 34.2 Å². The van der Waals surface area contributed by atoms with E-state index in [4.69, 9.17) is 28.2 Å². The van der Waals surface area contributed by atoms with Crippen LogP contribution in [0.3, 0.4) is 0 Å². The number of aromatic nitrogens is 6. The number of rotatable bonds is 10. The Morgan fingerprint density at radius 1 is 1.09 bits per heavy atom. The number of nitrogens with zero attached hydrogens (tertiary/aromatic N) is 5. The van der Waals surface area contributed by atoms with Crippen LogP contribution >= 0.6 is 23.2 Å². The summed E-state index contributed by atoms with van der Waals surface area (Å²) in [7, 11) is 0. The number of amides is 2. The van der Waals surface area contributed by atoms with E-state index in [0.717, 1.165) is 17.5 Å². The van der Waals surface area contributed by atoms with Crippen LogP contribution in [-0.2, 0) is 9.59 Å². The zero-order valence-electron chi connectivity index (χ0n) is 23.6.